The molecule has 0 aliphatic carbocycles. The molecule has 0 bridgehead atoms. The van der Waals surface area contributed by atoms with Gasteiger partial charge in [0, 0.05) is 7.05 Å². The van der Waals surface area contributed by atoms with Crippen molar-refractivity contribution < 1.29 is 10.2 Å². The highest BCUT2D eigenvalue weighted by atomic mass is 32.1. The first-order valence-corrected chi connectivity index (χ1v) is 7.81. The fourth-order valence-corrected chi connectivity index (χ4v) is 3.41. The van der Waals surface area contributed by atoms with Gasteiger partial charge in [-0.15, -0.1) is 0 Å². The maximum Gasteiger partial charge on any atom is 0.185 e. The van der Waals surface area contributed by atoms with Gasteiger partial charge in [0.2, 0.25) is 0 Å². The monoisotopic (exact) mass is 318 g/mol. The van der Waals surface area contributed by atoms with Gasteiger partial charge in [-0.1, -0.05) is 23.5 Å². The zero-order valence-electron chi connectivity index (χ0n) is 12.6. The van der Waals surface area contributed by atoms with Gasteiger partial charge in [0.25, 0.3) is 0 Å². The average Bonchev–Trinajstić information content (AvgIpc) is 3.01. The Kier molecular flexibility index (Phi) is 3.76. The molecule has 0 aliphatic rings. The number of aliphatic hydroxyl groups excluding tert-OH is 1. The third-order valence-electron chi connectivity index (χ3n) is 3.60. The van der Waals surface area contributed by atoms with Crippen molar-refractivity contribution in [3.05, 3.63) is 35.5 Å². The van der Waals surface area contributed by atoms with Crippen molar-refractivity contribution in [3.8, 4) is 5.75 Å². The number of phenols is 1. The zero-order valence-corrected chi connectivity index (χ0v) is 13.4. The molecule has 2 aromatic heterocycles. The van der Waals surface area contributed by atoms with E-state index in [1.165, 1.54) is 11.3 Å². The largest absolute Gasteiger partial charge is 0.508 e. The summed E-state index contributed by atoms with van der Waals surface area (Å²) in [6.07, 6.45) is -0.688. The number of benzene rings is 1. The van der Waals surface area contributed by atoms with Gasteiger partial charge in [-0.3, -0.25) is 0 Å². The maximum absolute atomic E-state index is 10.4. The topological polar surface area (TPSA) is 83.2 Å². The first-order valence-electron chi connectivity index (χ1n) is 6.99. The van der Waals surface area contributed by atoms with E-state index in [9.17, 15) is 10.2 Å². The Hall–Kier alpha value is -2.12. The van der Waals surface area contributed by atoms with E-state index in [2.05, 4.69) is 15.4 Å². The summed E-state index contributed by atoms with van der Waals surface area (Å²) in [4.78, 5) is 4.52. The number of hydrogen-bond donors (Lipinski definition) is 3. The molecule has 7 heteroatoms. The van der Waals surface area contributed by atoms with Gasteiger partial charge in [0.15, 0.2) is 10.8 Å². The number of anilines is 1. The van der Waals surface area contributed by atoms with Crippen LogP contribution in [0.15, 0.2) is 24.3 Å². The Morgan fingerprint density at radius 3 is 2.59 bits per heavy atom. The number of aryl methyl sites for hydroxylation is 2. The van der Waals surface area contributed by atoms with Crippen molar-refractivity contribution in [2.24, 2.45) is 7.05 Å². The molecule has 1 aromatic carbocycles. The molecule has 0 radical (unpaired) electrons. The molecule has 2 atom stereocenters. The van der Waals surface area contributed by atoms with Gasteiger partial charge in [0.1, 0.15) is 5.75 Å². The van der Waals surface area contributed by atoms with Crippen molar-refractivity contribution in [2.75, 3.05) is 5.32 Å². The zero-order chi connectivity index (χ0) is 15.9. The normalized spacial score (nSPS) is 14.2. The van der Waals surface area contributed by atoms with Crippen LogP contribution in [0.3, 0.4) is 0 Å². The van der Waals surface area contributed by atoms with Crippen molar-refractivity contribution in [1.29, 1.82) is 0 Å². The summed E-state index contributed by atoms with van der Waals surface area (Å²) in [5, 5.41) is 28.0. The van der Waals surface area contributed by atoms with Crippen LogP contribution in [0.2, 0.25) is 0 Å². The third kappa shape index (κ3) is 2.65. The fraction of sp³-hybridized carbons (Fsp3) is 0.333. The lowest BCUT2D eigenvalue weighted by molar-refractivity contribution is 0.160. The molecule has 0 saturated carbocycles. The molecule has 0 aliphatic heterocycles. The van der Waals surface area contributed by atoms with Crippen LogP contribution in [0.1, 0.15) is 24.3 Å². The summed E-state index contributed by atoms with van der Waals surface area (Å²) in [5.74, 6) is 0.186. The molecule has 3 N–H and O–H groups in total. The average molecular weight is 318 g/mol. The molecule has 6 nitrogen and oxygen atoms in total. The summed E-state index contributed by atoms with van der Waals surface area (Å²) in [7, 11) is 1.87. The Bertz CT molecular complexity index is 759. The van der Waals surface area contributed by atoms with E-state index < -0.39 is 6.10 Å². The van der Waals surface area contributed by atoms with Crippen molar-refractivity contribution in [3.63, 3.8) is 0 Å². The summed E-state index contributed by atoms with van der Waals surface area (Å²) in [6, 6.07) is 6.35. The second-order valence-electron chi connectivity index (χ2n) is 5.35. The predicted octanol–water partition coefficient (Wildman–Crippen LogP) is 2.58. The molecular formula is C15H18N4O2S. The van der Waals surface area contributed by atoms with Gasteiger partial charge in [-0.25, -0.2) is 9.67 Å². The van der Waals surface area contributed by atoms with Crippen LogP contribution in [0.4, 0.5) is 5.13 Å². The molecule has 116 valence electrons. The van der Waals surface area contributed by atoms with E-state index in [1.54, 1.807) is 28.9 Å². The predicted molar refractivity (Wildman–Crippen MR) is 87.3 cm³/mol. The van der Waals surface area contributed by atoms with E-state index in [0.29, 0.717) is 0 Å². The quantitative estimate of drug-likeness (QED) is 0.688. The smallest absolute Gasteiger partial charge is 0.185 e. The molecule has 2 heterocycles. The molecular weight excluding hydrogens is 300 g/mol. The highest BCUT2D eigenvalue weighted by molar-refractivity contribution is 7.22. The van der Waals surface area contributed by atoms with E-state index in [-0.39, 0.29) is 11.8 Å². The van der Waals surface area contributed by atoms with E-state index >= 15 is 0 Å². The Morgan fingerprint density at radius 2 is 1.95 bits per heavy atom. The molecule has 3 aromatic rings. The number of nitrogens with one attached hydrogen (secondary N) is 1. The molecule has 0 unspecified atom stereocenters. The van der Waals surface area contributed by atoms with Crippen LogP contribution in [-0.2, 0) is 7.05 Å². The lowest BCUT2D eigenvalue weighted by atomic mass is 10.0. The number of aliphatic hydroxyl groups is 1. The van der Waals surface area contributed by atoms with E-state index in [4.69, 9.17) is 0 Å². The first kappa shape index (κ1) is 14.8. The second-order valence-corrected chi connectivity index (χ2v) is 6.35. The summed E-state index contributed by atoms with van der Waals surface area (Å²) < 4.78 is 2.81. The van der Waals surface area contributed by atoms with Crippen LogP contribution in [0, 0.1) is 6.92 Å². The number of aromatic nitrogens is 3. The minimum Gasteiger partial charge on any atom is -0.508 e. The molecule has 22 heavy (non-hydrogen) atoms. The van der Waals surface area contributed by atoms with E-state index in [0.717, 1.165) is 26.7 Å². The van der Waals surface area contributed by atoms with Gasteiger partial charge in [-0.05, 0) is 31.5 Å². The van der Waals surface area contributed by atoms with Gasteiger partial charge in [-0.2, -0.15) is 5.10 Å². The lowest BCUT2D eigenvalue weighted by Gasteiger charge is -2.20. The molecule has 0 amide bonds. The number of hydrogen-bond acceptors (Lipinski definition) is 6. The van der Waals surface area contributed by atoms with Crippen LogP contribution in [0.25, 0.3) is 10.3 Å². The highest BCUT2D eigenvalue weighted by Gasteiger charge is 2.19. The Balaban J connectivity index is 1.78. The summed E-state index contributed by atoms with van der Waals surface area (Å²) in [5.41, 5.74) is 2.54. The Labute approximate surface area is 132 Å². The van der Waals surface area contributed by atoms with Gasteiger partial charge in [0.05, 0.1) is 22.5 Å². The Morgan fingerprint density at radius 1 is 1.27 bits per heavy atom. The first-order chi connectivity index (χ1) is 10.5. The van der Waals surface area contributed by atoms with Gasteiger partial charge >= 0.3 is 0 Å². The number of nitrogens with zero attached hydrogens (tertiary/aromatic N) is 3. The molecule has 0 saturated heterocycles. The highest BCUT2D eigenvalue weighted by Crippen LogP contribution is 2.30. The fourth-order valence-electron chi connectivity index (χ4n) is 2.38. The number of rotatable bonds is 4. The van der Waals surface area contributed by atoms with Crippen LogP contribution in [0.5, 0.6) is 5.75 Å². The molecule has 3 rings (SSSR count). The third-order valence-corrected chi connectivity index (χ3v) is 4.69. The standard InChI is InChI=1S/C15H18N4O2S/c1-8(12(21)10-4-6-11(20)7-5-10)16-15-17-14-13(22-15)9(2)18-19(14)3/h4-8,12,20-21H,1-3H3,(H,16,17)/t8-,12-/m0/s1. The summed E-state index contributed by atoms with van der Waals surface area (Å²) in [6.45, 7) is 3.85. The lowest BCUT2D eigenvalue weighted by Crippen LogP contribution is -2.23. The van der Waals surface area contributed by atoms with Crippen LogP contribution < -0.4 is 5.32 Å². The van der Waals surface area contributed by atoms with Crippen LogP contribution in [-0.4, -0.2) is 31.0 Å². The van der Waals surface area contributed by atoms with Crippen molar-refractivity contribution in [1.82, 2.24) is 14.8 Å². The number of phenolic OH excluding ortho intramolecular Hbond substituents is 1. The maximum atomic E-state index is 10.4. The van der Waals surface area contributed by atoms with Crippen molar-refractivity contribution in [2.45, 2.75) is 26.0 Å². The SMILES string of the molecule is Cc1nn(C)c2nc(N[C@@H](C)[C@H](O)c3ccc(O)cc3)sc12. The van der Waals surface area contributed by atoms with Crippen LogP contribution >= 0.6 is 11.3 Å². The number of aromatic hydroxyl groups is 1. The minimum atomic E-state index is -0.688. The second kappa shape index (κ2) is 5.58. The van der Waals surface area contributed by atoms with Gasteiger partial charge < -0.3 is 15.5 Å². The number of thiazole rings is 1. The molecule has 0 spiro atoms. The van der Waals surface area contributed by atoms with Crippen molar-refractivity contribution >= 4 is 26.8 Å². The van der Waals surface area contributed by atoms with E-state index in [1.807, 2.05) is 20.9 Å². The number of fused-ring (bicyclic) bond motifs is 1. The minimum absolute atomic E-state index is 0.186. The molecule has 0 fully saturated rings. The summed E-state index contributed by atoms with van der Waals surface area (Å²) >= 11 is 1.53.